The van der Waals surface area contributed by atoms with Gasteiger partial charge in [0.2, 0.25) is 0 Å². The number of fused-ring (bicyclic) bond motifs is 3. The van der Waals surface area contributed by atoms with E-state index in [0.29, 0.717) is 21.7 Å². The summed E-state index contributed by atoms with van der Waals surface area (Å²) in [5.74, 6) is 0. The average Bonchev–Trinajstić information content (AvgIpc) is 3.04. The molecule has 5 aromatic rings. The first-order chi connectivity index (χ1) is 15.2. The Morgan fingerprint density at radius 2 is 1.56 bits per heavy atom. The summed E-state index contributed by atoms with van der Waals surface area (Å²) >= 11 is 6.03. The lowest BCUT2D eigenvalue weighted by atomic mass is 10.0. The standard InChI is InChI=1S/C24H18ClN3O3S/c1-27-22-14-26-21-12-5-16(15-3-6-17(25)7-4-15)13-20(21)23(22)28(24(27)29)18-8-10-19(11-9-18)32(2,30)31/h3-14H,1-2H3. The Morgan fingerprint density at radius 1 is 0.906 bits per heavy atom. The van der Waals surface area contributed by atoms with Gasteiger partial charge in [-0.1, -0.05) is 29.8 Å². The van der Waals surface area contributed by atoms with Crippen LogP contribution in [0.4, 0.5) is 0 Å². The van der Waals surface area contributed by atoms with Gasteiger partial charge in [0.15, 0.2) is 9.84 Å². The maximum Gasteiger partial charge on any atom is 0.333 e. The second-order valence-electron chi connectivity index (χ2n) is 7.67. The third kappa shape index (κ3) is 3.30. The maximum absolute atomic E-state index is 13.2. The molecule has 0 radical (unpaired) electrons. The summed E-state index contributed by atoms with van der Waals surface area (Å²) in [6, 6.07) is 19.8. The Balaban J connectivity index is 1.81. The van der Waals surface area contributed by atoms with E-state index in [4.69, 9.17) is 11.6 Å². The van der Waals surface area contributed by atoms with Crippen molar-refractivity contribution in [2.24, 2.45) is 7.05 Å². The zero-order valence-electron chi connectivity index (χ0n) is 17.3. The minimum atomic E-state index is -3.34. The Bertz CT molecular complexity index is 1670. The lowest BCUT2D eigenvalue weighted by Crippen LogP contribution is -2.20. The van der Waals surface area contributed by atoms with Crippen LogP contribution in [-0.4, -0.2) is 28.8 Å². The van der Waals surface area contributed by atoms with E-state index in [2.05, 4.69) is 4.98 Å². The van der Waals surface area contributed by atoms with Gasteiger partial charge < -0.3 is 0 Å². The van der Waals surface area contributed by atoms with E-state index in [1.165, 1.54) is 12.1 Å². The molecule has 0 saturated carbocycles. The summed E-state index contributed by atoms with van der Waals surface area (Å²) in [7, 11) is -1.64. The molecule has 0 saturated heterocycles. The van der Waals surface area contributed by atoms with Crippen molar-refractivity contribution in [3.05, 3.63) is 88.4 Å². The van der Waals surface area contributed by atoms with Gasteiger partial charge in [-0.25, -0.2) is 13.2 Å². The first kappa shape index (κ1) is 20.5. The van der Waals surface area contributed by atoms with Crippen molar-refractivity contribution in [3.63, 3.8) is 0 Å². The molecular formula is C24H18ClN3O3S. The van der Waals surface area contributed by atoms with Crippen LogP contribution in [0.5, 0.6) is 0 Å². The van der Waals surface area contributed by atoms with Crippen LogP contribution in [0.1, 0.15) is 0 Å². The highest BCUT2D eigenvalue weighted by Gasteiger charge is 2.17. The van der Waals surface area contributed by atoms with Gasteiger partial charge in [0, 0.05) is 23.7 Å². The van der Waals surface area contributed by atoms with E-state index in [0.717, 1.165) is 28.3 Å². The van der Waals surface area contributed by atoms with Gasteiger partial charge in [-0.05, 0) is 59.7 Å². The van der Waals surface area contributed by atoms with Gasteiger partial charge in [0.05, 0.1) is 33.3 Å². The second kappa shape index (κ2) is 7.32. The minimum Gasteiger partial charge on any atom is -0.293 e. The molecule has 2 aromatic heterocycles. The monoisotopic (exact) mass is 463 g/mol. The molecule has 0 aliphatic heterocycles. The van der Waals surface area contributed by atoms with E-state index < -0.39 is 9.84 Å². The SMILES string of the molecule is Cn1c(=O)n(-c2ccc(S(C)(=O)=O)cc2)c2c3cc(-c4ccc(Cl)cc4)ccc3ncc21. The van der Waals surface area contributed by atoms with Crippen LogP contribution < -0.4 is 5.69 Å². The minimum absolute atomic E-state index is 0.200. The normalized spacial score (nSPS) is 12.0. The quantitative estimate of drug-likeness (QED) is 0.392. The molecular weight excluding hydrogens is 446 g/mol. The predicted octanol–water partition coefficient (Wildman–Crippen LogP) is 4.60. The first-order valence-electron chi connectivity index (χ1n) is 9.81. The van der Waals surface area contributed by atoms with E-state index in [9.17, 15) is 13.2 Å². The van der Waals surface area contributed by atoms with Crippen molar-refractivity contribution >= 4 is 43.4 Å². The summed E-state index contributed by atoms with van der Waals surface area (Å²) in [5.41, 5.74) is 4.46. The van der Waals surface area contributed by atoms with Gasteiger partial charge >= 0.3 is 5.69 Å². The number of hydrogen-bond acceptors (Lipinski definition) is 4. The summed E-state index contributed by atoms with van der Waals surface area (Å²) in [4.78, 5) is 17.9. The lowest BCUT2D eigenvalue weighted by molar-refractivity contribution is 0.602. The molecule has 8 heteroatoms. The molecule has 0 unspecified atom stereocenters. The molecule has 160 valence electrons. The van der Waals surface area contributed by atoms with Gasteiger partial charge in [0.25, 0.3) is 0 Å². The molecule has 6 nitrogen and oxygen atoms in total. The van der Waals surface area contributed by atoms with Crippen LogP contribution >= 0.6 is 11.6 Å². The molecule has 3 aromatic carbocycles. The van der Waals surface area contributed by atoms with Gasteiger partial charge in [-0.3, -0.25) is 14.1 Å². The zero-order chi connectivity index (χ0) is 22.6. The van der Waals surface area contributed by atoms with Crippen molar-refractivity contribution < 1.29 is 8.42 Å². The van der Waals surface area contributed by atoms with Crippen molar-refractivity contribution in [1.82, 2.24) is 14.1 Å². The number of hydrogen-bond donors (Lipinski definition) is 0. The molecule has 32 heavy (non-hydrogen) atoms. The number of benzene rings is 3. The topological polar surface area (TPSA) is 74.0 Å². The number of aryl methyl sites for hydroxylation is 1. The highest BCUT2D eigenvalue weighted by molar-refractivity contribution is 7.90. The van der Waals surface area contributed by atoms with Crippen LogP contribution in [0.25, 0.3) is 38.8 Å². The van der Waals surface area contributed by atoms with Crippen molar-refractivity contribution in [1.29, 1.82) is 0 Å². The highest BCUT2D eigenvalue weighted by atomic mass is 35.5. The second-order valence-corrected chi connectivity index (χ2v) is 10.1. The molecule has 0 aliphatic carbocycles. The number of pyridine rings is 1. The zero-order valence-corrected chi connectivity index (χ0v) is 18.9. The third-order valence-electron chi connectivity index (χ3n) is 5.58. The lowest BCUT2D eigenvalue weighted by Gasteiger charge is -2.09. The maximum atomic E-state index is 13.2. The van der Waals surface area contributed by atoms with Crippen LogP contribution in [0, 0.1) is 0 Å². The van der Waals surface area contributed by atoms with Crippen LogP contribution in [-0.2, 0) is 16.9 Å². The Labute approximate surface area is 189 Å². The molecule has 0 bridgehead atoms. The van der Waals surface area contributed by atoms with Crippen LogP contribution in [0.3, 0.4) is 0 Å². The van der Waals surface area contributed by atoms with Crippen molar-refractivity contribution in [2.75, 3.05) is 6.26 Å². The van der Waals surface area contributed by atoms with Crippen LogP contribution in [0.2, 0.25) is 5.02 Å². The molecule has 2 heterocycles. The smallest absolute Gasteiger partial charge is 0.293 e. The van der Waals surface area contributed by atoms with Crippen molar-refractivity contribution in [2.45, 2.75) is 4.90 Å². The molecule has 0 N–H and O–H groups in total. The highest BCUT2D eigenvalue weighted by Crippen LogP contribution is 2.30. The molecule has 0 amide bonds. The number of sulfone groups is 1. The number of rotatable bonds is 3. The van der Waals surface area contributed by atoms with E-state index in [-0.39, 0.29) is 10.6 Å². The predicted molar refractivity (Wildman–Crippen MR) is 127 cm³/mol. The molecule has 0 atom stereocenters. The van der Waals surface area contributed by atoms with Gasteiger partial charge in [0.1, 0.15) is 0 Å². The molecule has 0 aliphatic rings. The number of aromatic nitrogens is 3. The number of nitrogens with zero attached hydrogens (tertiary/aromatic N) is 3. The molecule has 0 fully saturated rings. The number of halogens is 1. The fourth-order valence-corrected chi connectivity index (χ4v) is 4.66. The Kier molecular flexibility index (Phi) is 4.69. The molecule has 5 rings (SSSR count). The third-order valence-corrected chi connectivity index (χ3v) is 6.96. The van der Waals surface area contributed by atoms with Crippen molar-refractivity contribution in [3.8, 4) is 16.8 Å². The average molecular weight is 464 g/mol. The van der Waals surface area contributed by atoms with E-state index >= 15 is 0 Å². The van der Waals surface area contributed by atoms with Gasteiger partial charge in [-0.2, -0.15) is 0 Å². The number of imidazole rings is 1. The summed E-state index contributed by atoms with van der Waals surface area (Å²) in [5, 5.41) is 1.48. The Hall–Kier alpha value is -3.42. The fourth-order valence-electron chi connectivity index (χ4n) is 3.90. The van der Waals surface area contributed by atoms with Gasteiger partial charge in [-0.15, -0.1) is 0 Å². The van der Waals surface area contributed by atoms with E-state index in [1.807, 2.05) is 42.5 Å². The van der Waals surface area contributed by atoms with E-state index in [1.54, 1.807) is 34.5 Å². The summed E-state index contributed by atoms with van der Waals surface area (Å²) in [6.07, 6.45) is 2.84. The summed E-state index contributed by atoms with van der Waals surface area (Å²) < 4.78 is 26.8. The fraction of sp³-hybridized carbons (Fsp3) is 0.0833. The largest absolute Gasteiger partial charge is 0.333 e. The first-order valence-corrected chi connectivity index (χ1v) is 12.1. The molecule has 0 spiro atoms. The van der Waals surface area contributed by atoms with Crippen LogP contribution in [0.15, 0.2) is 82.6 Å². The Morgan fingerprint density at radius 3 is 2.22 bits per heavy atom. The summed E-state index contributed by atoms with van der Waals surface area (Å²) in [6.45, 7) is 0.